The number of hydrogen-bond donors (Lipinski definition) is 4. The largest absolute Gasteiger partial charge is 0.363 e. The van der Waals surface area contributed by atoms with Crippen LogP contribution in [0.5, 0.6) is 0 Å². The molecule has 4 rings (SSSR count). The molecule has 3 aromatic rings. The second-order valence-corrected chi connectivity index (χ2v) is 9.32. The fraction of sp³-hybridized carbons (Fsp3) is 0.286. The third-order valence-corrected chi connectivity index (χ3v) is 6.35. The predicted molar refractivity (Wildman–Crippen MR) is 124 cm³/mol. The van der Waals surface area contributed by atoms with Gasteiger partial charge in [-0.05, 0) is 43.1 Å². The zero-order chi connectivity index (χ0) is 23.3. The number of fused-ring (bicyclic) bond motifs is 1. The van der Waals surface area contributed by atoms with E-state index in [1.165, 1.54) is 36.6 Å². The molecule has 0 atom stereocenters. The minimum Gasteiger partial charge on any atom is -0.363 e. The van der Waals surface area contributed by atoms with Crippen molar-refractivity contribution in [1.82, 2.24) is 25.3 Å². The van der Waals surface area contributed by atoms with Crippen LogP contribution in [0.15, 0.2) is 36.8 Å². The van der Waals surface area contributed by atoms with Crippen molar-refractivity contribution in [1.29, 1.82) is 5.26 Å². The summed E-state index contributed by atoms with van der Waals surface area (Å²) in [6.07, 6.45) is 5.25. The molecule has 0 bridgehead atoms. The third kappa shape index (κ3) is 5.51. The van der Waals surface area contributed by atoms with Crippen LogP contribution in [0.1, 0.15) is 29.3 Å². The van der Waals surface area contributed by atoms with E-state index in [0.29, 0.717) is 17.5 Å². The molecule has 33 heavy (non-hydrogen) atoms. The minimum atomic E-state index is -3.51. The van der Waals surface area contributed by atoms with Gasteiger partial charge in [-0.25, -0.2) is 18.4 Å². The molecule has 0 aliphatic carbocycles. The Bertz CT molecular complexity index is 1310. The van der Waals surface area contributed by atoms with Gasteiger partial charge in [-0.15, -0.1) is 0 Å². The van der Waals surface area contributed by atoms with Gasteiger partial charge in [-0.1, -0.05) is 6.07 Å². The molecule has 1 aromatic carbocycles. The molecule has 0 saturated heterocycles. The zero-order valence-corrected chi connectivity index (χ0v) is 18.8. The average Bonchev–Trinajstić information content (AvgIpc) is 2.83. The fourth-order valence-electron chi connectivity index (χ4n) is 3.31. The normalized spacial score (nSPS) is 13.0. The highest BCUT2D eigenvalue weighted by Crippen LogP contribution is 2.22. The van der Waals surface area contributed by atoms with E-state index in [1.54, 1.807) is 0 Å². The molecule has 2 aromatic heterocycles. The van der Waals surface area contributed by atoms with Gasteiger partial charge in [0, 0.05) is 24.6 Å². The third-order valence-electron chi connectivity index (χ3n) is 5.09. The van der Waals surface area contributed by atoms with Gasteiger partial charge in [-0.2, -0.15) is 10.2 Å². The molecule has 11 nitrogen and oxygen atoms in total. The molecule has 0 unspecified atom stereocenters. The van der Waals surface area contributed by atoms with E-state index in [2.05, 4.69) is 58.8 Å². The molecule has 3 heterocycles. The van der Waals surface area contributed by atoms with Gasteiger partial charge in [0.15, 0.2) is 5.82 Å². The van der Waals surface area contributed by atoms with Crippen molar-refractivity contribution >= 4 is 33.3 Å². The van der Waals surface area contributed by atoms with Crippen molar-refractivity contribution in [2.45, 2.75) is 26.4 Å². The maximum Gasteiger partial charge on any atom is 0.233 e. The smallest absolute Gasteiger partial charge is 0.233 e. The number of nitriles is 1. The molecule has 0 radical (unpaired) electrons. The van der Waals surface area contributed by atoms with Gasteiger partial charge < -0.3 is 16.0 Å². The van der Waals surface area contributed by atoms with Crippen molar-refractivity contribution < 1.29 is 8.42 Å². The van der Waals surface area contributed by atoms with E-state index in [-0.39, 0.29) is 23.7 Å². The van der Waals surface area contributed by atoms with E-state index in [4.69, 9.17) is 0 Å². The summed E-state index contributed by atoms with van der Waals surface area (Å²) in [6.45, 7) is 3.43. The van der Waals surface area contributed by atoms with Gasteiger partial charge in [0.1, 0.15) is 23.1 Å². The summed E-state index contributed by atoms with van der Waals surface area (Å²) in [5.41, 5.74) is 4.02. The second-order valence-electron chi connectivity index (χ2n) is 7.31. The topological polar surface area (TPSA) is 158 Å². The van der Waals surface area contributed by atoms with Crippen LogP contribution in [0.25, 0.3) is 0 Å². The molecular formula is C21H23N9O2S. The summed E-state index contributed by atoms with van der Waals surface area (Å²) in [6, 6.07) is 8.17. The molecule has 0 saturated carbocycles. The summed E-state index contributed by atoms with van der Waals surface area (Å²) < 4.78 is 26.3. The zero-order valence-electron chi connectivity index (χ0n) is 18.0. The number of rotatable bonds is 8. The molecule has 12 heteroatoms. The van der Waals surface area contributed by atoms with E-state index < -0.39 is 10.0 Å². The van der Waals surface area contributed by atoms with Crippen LogP contribution in [-0.2, 0) is 29.5 Å². The Morgan fingerprint density at radius 1 is 1.15 bits per heavy atom. The lowest BCUT2D eigenvalue weighted by Crippen LogP contribution is -2.23. The molecule has 0 fully saturated rings. The summed E-state index contributed by atoms with van der Waals surface area (Å²) >= 11 is 0. The maximum atomic E-state index is 11.9. The summed E-state index contributed by atoms with van der Waals surface area (Å²) in [5, 5.41) is 19.0. The van der Waals surface area contributed by atoms with Gasteiger partial charge in [0.2, 0.25) is 16.0 Å². The number of aromatic nitrogens is 4. The first-order chi connectivity index (χ1) is 16.0. The van der Waals surface area contributed by atoms with E-state index in [9.17, 15) is 13.7 Å². The van der Waals surface area contributed by atoms with Crippen molar-refractivity contribution in [2.24, 2.45) is 0 Å². The molecular weight excluding hydrogens is 442 g/mol. The Hall–Kier alpha value is -3.82. The van der Waals surface area contributed by atoms with Crippen LogP contribution >= 0.6 is 0 Å². The van der Waals surface area contributed by atoms with E-state index in [0.717, 1.165) is 25.2 Å². The van der Waals surface area contributed by atoms with Gasteiger partial charge in [0.25, 0.3) is 0 Å². The summed E-state index contributed by atoms with van der Waals surface area (Å²) in [7, 11) is -3.51. The fourth-order valence-corrected chi connectivity index (χ4v) is 3.92. The van der Waals surface area contributed by atoms with E-state index >= 15 is 0 Å². The lowest BCUT2D eigenvalue weighted by atomic mass is 10.0. The van der Waals surface area contributed by atoms with Gasteiger partial charge in [-0.3, -0.25) is 9.71 Å². The molecule has 1 aliphatic rings. The molecule has 4 N–H and O–H groups in total. The Morgan fingerprint density at radius 2 is 2.00 bits per heavy atom. The standard InChI is InChI=1S/C21H23N9O2S/c1-2-33(31,32)30-20-18(24-7-8-25-20)13-26-19-16(10-22)12-27-21(29-19)28-17-4-3-15-11-23-6-5-14(15)9-17/h3-4,7-9,12,23H,2,5-6,11,13H2,1H3,(H,25,30)(H2,26,27,28,29). The number of sulfonamides is 1. The molecule has 0 spiro atoms. The lowest BCUT2D eigenvalue weighted by molar-refractivity contribution is 0.602. The number of hydrogen-bond acceptors (Lipinski definition) is 10. The Balaban J connectivity index is 1.52. The maximum absolute atomic E-state index is 11.9. The molecule has 170 valence electrons. The van der Waals surface area contributed by atoms with Gasteiger partial charge >= 0.3 is 0 Å². The van der Waals surface area contributed by atoms with Crippen LogP contribution in [0, 0.1) is 11.3 Å². The number of nitrogens with zero attached hydrogens (tertiary/aromatic N) is 5. The van der Waals surface area contributed by atoms with Crippen LogP contribution in [0.4, 0.5) is 23.3 Å². The first-order valence-corrected chi connectivity index (χ1v) is 12.0. The highest BCUT2D eigenvalue weighted by Gasteiger charge is 2.15. The quantitative estimate of drug-likeness (QED) is 0.387. The molecule has 0 amide bonds. The van der Waals surface area contributed by atoms with Crippen LogP contribution in [-0.4, -0.2) is 40.7 Å². The lowest BCUT2D eigenvalue weighted by Gasteiger charge is -2.18. The van der Waals surface area contributed by atoms with Crippen molar-refractivity contribution in [2.75, 3.05) is 27.7 Å². The van der Waals surface area contributed by atoms with Crippen LogP contribution in [0.2, 0.25) is 0 Å². The Morgan fingerprint density at radius 3 is 2.82 bits per heavy atom. The van der Waals surface area contributed by atoms with Crippen LogP contribution in [0.3, 0.4) is 0 Å². The Kier molecular flexibility index (Phi) is 6.62. The number of nitrogens with one attached hydrogen (secondary N) is 4. The average molecular weight is 466 g/mol. The monoisotopic (exact) mass is 465 g/mol. The van der Waals surface area contributed by atoms with Crippen molar-refractivity contribution in [3.8, 4) is 6.07 Å². The second kappa shape index (κ2) is 9.76. The van der Waals surface area contributed by atoms with Gasteiger partial charge in [0.05, 0.1) is 18.5 Å². The summed E-state index contributed by atoms with van der Waals surface area (Å²) in [5.74, 6) is 0.666. The SMILES string of the molecule is CCS(=O)(=O)Nc1nccnc1CNc1nc(Nc2ccc3c(c2)CCNC3)ncc1C#N. The van der Waals surface area contributed by atoms with Crippen molar-refractivity contribution in [3.05, 3.63) is 59.2 Å². The van der Waals surface area contributed by atoms with Crippen LogP contribution < -0.4 is 20.7 Å². The summed E-state index contributed by atoms with van der Waals surface area (Å²) in [4.78, 5) is 16.9. The first-order valence-electron chi connectivity index (χ1n) is 10.4. The highest BCUT2D eigenvalue weighted by atomic mass is 32.2. The van der Waals surface area contributed by atoms with Crippen molar-refractivity contribution in [3.63, 3.8) is 0 Å². The van der Waals surface area contributed by atoms with E-state index in [1.807, 2.05) is 6.07 Å². The first kappa shape index (κ1) is 22.4. The Labute approximate surface area is 191 Å². The predicted octanol–water partition coefficient (Wildman–Crippen LogP) is 1.90. The number of anilines is 4. The number of benzene rings is 1. The molecule has 1 aliphatic heterocycles. The minimum absolute atomic E-state index is 0.0881. The highest BCUT2D eigenvalue weighted by molar-refractivity contribution is 7.92.